The molecule has 0 fully saturated rings. The SMILES string of the molecule is NC(Cc1cccc(Cl)c1Cl)c1cncs1. The Morgan fingerprint density at radius 1 is 1.38 bits per heavy atom. The zero-order chi connectivity index (χ0) is 11.5. The van der Waals surface area contributed by atoms with E-state index in [-0.39, 0.29) is 6.04 Å². The van der Waals surface area contributed by atoms with Gasteiger partial charge < -0.3 is 5.73 Å². The van der Waals surface area contributed by atoms with Crippen LogP contribution in [0.25, 0.3) is 0 Å². The number of benzene rings is 1. The van der Waals surface area contributed by atoms with Gasteiger partial charge in [-0.25, -0.2) is 0 Å². The van der Waals surface area contributed by atoms with E-state index in [9.17, 15) is 0 Å². The first kappa shape index (κ1) is 11.9. The summed E-state index contributed by atoms with van der Waals surface area (Å²) in [7, 11) is 0. The number of rotatable bonds is 3. The first-order valence-corrected chi connectivity index (χ1v) is 6.39. The molecular weight excluding hydrogens is 263 g/mol. The number of nitrogens with two attached hydrogens (primary N) is 1. The third-order valence-corrected chi connectivity index (χ3v) is 4.05. The highest BCUT2D eigenvalue weighted by atomic mass is 35.5. The van der Waals surface area contributed by atoms with Crippen molar-refractivity contribution in [1.29, 1.82) is 0 Å². The molecule has 0 aliphatic heterocycles. The van der Waals surface area contributed by atoms with Crippen molar-refractivity contribution in [3.8, 4) is 0 Å². The Balaban J connectivity index is 2.18. The summed E-state index contributed by atoms with van der Waals surface area (Å²) in [6.07, 6.45) is 2.45. The minimum Gasteiger partial charge on any atom is -0.323 e. The summed E-state index contributed by atoms with van der Waals surface area (Å²) < 4.78 is 0. The number of nitrogens with zero attached hydrogens (tertiary/aromatic N) is 1. The maximum Gasteiger partial charge on any atom is 0.0794 e. The van der Waals surface area contributed by atoms with Gasteiger partial charge in [0.25, 0.3) is 0 Å². The fourth-order valence-corrected chi connectivity index (χ4v) is 2.47. The fraction of sp³-hybridized carbons (Fsp3) is 0.182. The first-order valence-electron chi connectivity index (χ1n) is 4.75. The molecule has 1 aromatic carbocycles. The van der Waals surface area contributed by atoms with Gasteiger partial charge in [0.15, 0.2) is 0 Å². The van der Waals surface area contributed by atoms with Crippen molar-refractivity contribution in [3.63, 3.8) is 0 Å². The van der Waals surface area contributed by atoms with E-state index in [4.69, 9.17) is 28.9 Å². The molecule has 1 aromatic heterocycles. The molecule has 84 valence electrons. The molecule has 0 radical (unpaired) electrons. The van der Waals surface area contributed by atoms with Gasteiger partial charge >= 0.3 is 0 Å². The normalized spacial score (nSPS) is 12.7. The predicted octanol–water partition coefficient (Wildman–Crippen LogP) is 3.69. The summed E-state index contributed by atoms with van der Waals surface area (Å²) in [5, 5.41) is 1.15. The van der Waals surface area contributed by atoms with Crippen LogP contribution in [0.4, 0.5) is 0 Å². The standard InChI is InChI=1S/C11H10Cl2N2S/c12-8-3-1-2-7(11(8)13)4-9(14)10-5-15-6-16-10/h1-3,5-6,9H,4,14H2. The maximum absolute atomic E-state index is 6.10. The van der Waals surface area contributed by atoms with E-state index in [0.717, 1.165) is 10.4 Å². The lowest BCUT2D eigenvalue weighted by Crippen LogP contribution is -2.12. The molecule has 0 aliphatic rings. The molecule has 0 saturated carbocycles. The van der Waals surface area contributed by atoms with Crippen LogP contribution in [0.2, 0.25) is 10.0 Å². The Morgan fingerprint density at radius 2 is 2.19 bits per heavy atom. The molecule has 0 aliphatic carbocycles. The number of thiazole rings is 1. The molecule has 5 heteroatoms. The van der Waals surface area contributed by atoms with Gasteiger partial charge in [0.1, 0.15) is 0 Å². The highest BCUT2D eigenvalue weighted by Crippen LogP contribution is 2.29. The number of hydrogen-bond acceptors (Lipinski definition) is 3. The zero-order valence-electron chi connectivity index (χ0n) is 8.36. The van der Waals surface area contributed by atoms with Crippen molar-refractivity contribution >= 4 is 34.5 Å². The second kappa shape index (κ2) is 5.15. The lowest BCUT2D eigenvalue weighted by Gasteiger charge is -2.11. The van der Waals surface area contributed by atoms with Gasteiger partial charge in [0.05, 0.1) is 15.6 Å². The second-order valence-electron chi connectivity index (χ2n) is 3.43. The van der Waals surface area contributed by atoms with Gasteiger partial charge in [-0.2, -0.15) is 0 Å². The molecule has 16 heavy (non-hydrogen) atoms. The van der Waals surface area contributed by atoms with E-state index in [1.54, 1.807) is 29.1 Å². The smallest absolute Gasteiger partial charge is 0.0794 e. The molecular formula is C11H10Cl2N2S. The molecule has 1 atom stereocenters. The molecule has 1 heterocycles. The Kier molecular flexibility index (Phi) is 3.82. The molecule has 0 amide bonds. The van der Waals surface area contributed by atoms with Crippen LogP contribution in [0.5, 0.6) is 0 Å². The number of aromatic nitrogens is 1. The van der Waals surface area contributed by atoms with Crippen LogP contribution in [-0.2, 0) is 6.42 Å². The fourth-order valence-electron chi connectivity index (χ4n) is 1.45. The molecule has 0 bridgehead atoms. The van der Waals surface area contributed by atoms with Crippen molar-refractivity contribution in [2.75, 3.05) is 0 Å². The first-order chi connectivity index (χ1) is 7.68. The predicted molar refractivity (Wildman–Crippen MR) is 69.2 cm³/mol. The summed E-state index contributed by atoms with van der Waals surface area (Å²) >= 11 is 13.6. The van der Waals surface area contributed by atoms with E-state index < -0.39 is 0 Å². The van der Waals surface area contributed by atoms with Crippen LogP contribution in [-0.4, -0.2) is 4.98 Å². The molecule has 2 N–H and O–H groups in total. The van der Waals surface area contributed by atoms with Crippen molar-refractivity contribution in [2.45, 2.75) is 12.5 Å². The van der Waals surface area contributed by atoms with Crippen LogP contribution in [0.3, 0.4) is 0 Å². The van der Waals surface area contributed by atoms with E-state index in [1.165, 1.54) is 0 Å². The van der Waals surface area contributed by atoms with E-state index >= 15 is 0 Å². The highest BCUT2D eigenvalue weighted by molar-refractivity contribution is 7.09. The van der Waals surface area contributed by atoms with Gasteiger partial charge in [-0.1, -0.05) is 35.3 Å². The molecule has 2 aromatic rings. The van der Waals surface area contributed by atoms with Gasteiger partial charge in [0.2, 0.25) is 0 Å². The van der Waals surface area contributed by atoms with Gasteiger partial charge in [0, 0.05) is 17.1 Å². The average Bonchev–Trinajstić information content (AvgIpc) is 2.78. The summed E-state index contributed by atoms with van der Waals surface area (Å²) in [5.74, 6) is 0. The van der Waals surface area contributed by atoms with Crippen molar-refractivity contribution in [2.24, 2.45) is 5.73 Å². The van der Waals surface area contributed by atoms with E-state index in [0.29, 0.717) is 16.5 Å². The monoisotopic (exact) mass is 272 g/mol. The molecule has 2 rings (SSSR count). The summed E-state index contributed by atoms with van der Waals surface area (Å²) in [5.41, 5.74) is 8.80. The maximum atomic E-state index is 6.10. The third kappa shape index (κ3) is 2.55. The zero-order valence-corrected chi connectivity index (χ0v) is 10.7. The van der Waals surface area contributed by atoms with Crippen molar-refractivity contribution < 1.29 is 0 Å². The largest absolute Gasteiger partial charge is 0.323 e. The number of hydrogen-bond donors (Lipinski definition) is 1. The minimum atomic E-state index is -0.0801. The molecule has 0 spiro atoms. The summed E-state index contributed by atoms with van der Waals surface area (Å²) in [6, 6.07) is 5.51. The lowest BCUT2D eigenvalue weighted by atomic mass is 10.1. The third-order valence-electron chi connectivity index (χ3n) is 2.29. The molecule has 1 unspecified atom stereocenters. The van der Waals surface area contributed by atoms with Gasteiger partial charge in [-0.05, 0) is 18.1 Å². The van der Waals surface area contributed by atoms with Crippen LogP contribution in [0, 0.1) is 0 Å². The average molecular weight is 273 g/mol. The van der Waals surface area contributed by atoms with E-state index in [1.807, 2.05) is 12.1 Å². The Bertz CT molecular complexity index is 471. The van der Waals surface area contributed by atoms with Crippen molar-refractivity contribution in [1.82, 2.24) is 4.98 Å². The van der Waals surface area contributed by atoms with Crippen LogP contribution >= 0.6 is 34.5 Å². The van der Waals surface area contributed by atoms with E-state index in [2.05, 4.69) is 4.98 Å². The summed E-state index contributed by atoms with van der Waals surface area (Å²) in [4.78, 5) is 5.06. The Morgan fingerprint density at radius 3 is 2.88 bits per heavy atom. The molecule has 2 nitrogen and oxygen atoms in total. The topological polar surface area (TPSA) is 38.9 Å². The van der Waals surface area contributed by atoms with Crippen LogP contribution in [0.1, 0.15) is 16.5 Å². The second-order valence-corrected chi connectivity index (χ2v) is 5.13. The lowest BCUT2D eigenvalue weighted by molar-refractivity contribution is 0.735. The van der Waals surface area contributed by atoms with Crippen molar-refractivity contribution in [3.05, 3.63) is 50.4 Å². The minimum absolute atomic E-state index is 0.0801. The van der Waals surface area contributed by atoms with Gasteiger partial charge in [-0.3, -0.25) is 4.98 Å². The van der Waals surface area contributed by atoms with Crippen LogP contribution in [0.15, 0.2) is 29.9 Å². The van der Waals surface area contributed by atoms with Crippen LogP contribution < -0.4 is 5.73 Å². The Hall–Kier alpha value is -0.610. The number of halogens is 2. The summed E-state index contributed by atoms with van der Waals surface area (Å²) in [6.45, 7) is 0. The molecule has 0 saturated heterocycles. The quantitative estimate of drug-likeness (QED) is 0.926. The Labute approximate surface area is 108 Å². The highest BCUT2D eigenvalue weighted by Gasteiger charge is 2.12. The van der Waals surface area contributed by atoms with Gasteiger partial charge in [-0.15, -0.1) is 11.3 Å².